The standard InChI is InChI=1S/C12H11BrN2O2/c1-7-5-9(3-4-11(7)13)14-12(16)10-6-17-15-8(10)2/h3-6H,1-2H3,(H,14,16). The summed E-state index contributed by atoms with van der Waals surface area (Å²) in [4.78, 5) is 11.9. The van der Waals surface area contributed by atoms with Crippen LogP contribution in [0.25, 0.3) is 0 Å². The van der Waals surface area contributed by atoms with Gasteiger partial charge in [-0.25, -0.2) is 0 Å². The SMILES string of the molecule is Cc1cc(NC(=O)c2conc2C)ccc1Br. The number of nitrogens with zero attached hydrogens (tertiary/aromatic N) is 1. The highest BCUT2D eigenvalue weighted by Crippen LogP contribution is 2.20. The number of amides is 1. The number of anilines is 1. The van der Waals surface area contributed by atoms with Crippen molar-refractivity contribution in [1.82, 2.24) is 5.16 Å². The monoisotopic (exact) mass is 294 g/mol. The molecular formula is C12H11BrN2O2. The van der Waals surface area contributed by atoms with Crippen LogP contribution in [0.1, 0.15) is 21.6 Å². The first-order valence-corrected chi connectivity index (χ1v) is 5.85. The first-order valence-electron chi connectivity index (χ1n) is 5.06. The number of nitrogens with one attached hydrogen (secondary N) is 1. The number of aryl methyl sites for hydroxylation is 2. The van der Waals surface area contributed by atoms with Crippen LogP contribution in [-0.2, 0) is 0 Å². The van der Waals surface area contributed by atoms with E-state index in [4.69, 9.17) is 4.52 Å². The van der Waals surface area contributed by atoms with Gasteiger partial charge in [-0.05, 0) is 37.6 Å². The zero-order valence-electron chi connectivity index (χ0n) is 9.45. The van der Waals surface area contributed by atoms with Gasteiger partial charge in [-0.15, -0.1) is 0 Å². The molecule has 0 radical (unpaired) electrons. The second-order valence-electron chi connectivity index (χ2n) is 3.73. The first kappa shape index (κ1) is 11.9. The van der Waals surface area contributed by atoms with Gasteiger partial charge in [0.25, 0.3) is 5.91 Å². The van der Waals surface area contributed by atoms with E-state index in [0.717, 1.165) is 15.7 Å². The molecule has 0 aliphatic carbocycles. The van der Waals surface area contributed by atoms with Gasteiger partial charge >= 0.3 is 0 Å². The van der Waals surface area contributed by atoms with Gasteiger partial charge in [0.05, 0.1) is 5.69 Å². The summed E-state index contributed by atoms with van der Waals surface area (Å²) in [6.07, 6.45) is 1.34. The second kappa shape index (κ2) is 4.71. The lowest BCUT2D eigenvalue weighted by molar-refractivity contribution is 0.102. The minimum Gasteiger partial charge on any atom is -0.364 e. The lowest BCUT2D eigenvalue weighted by atomic mass is 10.2. The van der Waals surface area contributed by atoms with E-state index >= 15 is 0 Å². The van der Waals surface area contributed by atoms with Gasteiger partial charge < -0.3 is 9.84 Å². The van der Waals surface area contributed by atoms with E-state index in [2.05, 4.69) is 26.4 Å². The van der Waals surface area contributed by atoms with Crippen LogP contribution in [0, 0.1) is 13.8 Å². The lowest BCUT2D eigenvalue weighted by Gasteiger charge is -2.05. The van der Waals surface area contributed by atoms with Gasteiger partial charge in [-0.2, -0.15) is 0 Å². The van der Waals surface area contributed by atoms with Crippen LogP contribution in [0.5, 0.6) is 0 Å². The predicted octanol–water partition coefficient (Wildman–Crippen LogP) is 3.31. The van der Waals surface area contributed by atoms with E-state index < -0.39 is 0 Å². The van der Waals surface area contributed by atoms with Crippen molar-refractivity contribution in [3.8, 4) is 0 Å². The second-order valence-corrected chi connectivity index (χ2v) is 4.59. The van der Waals surface area contributed by atoms with Gasteiger partial charge in [0.15, 0.2) is 0 Å². The molecule has 0 fully saturated rings. The molecule has 1 N–H and O–H groups in total. The predicted molar refractivity (Wildman–Crippen MR) is 68.1 cm³/mol. The molecule has 1 heterocycles. The summed E-state index contributed by atoms with van der Waals surface area (Å²) >= 11 is 3.41. The molecule has 0 spiro atoms. The van der Waals surface area contributed by atoms with Gasteiger partial charge in [0.1, 0.15) is 11.8 Å². The van der Waals surface area contributed by atoms with Crippen molar-refractivity contribution >= 4 is 27.5 Å². The number of rotatable bonds is 2. The Morgan fingerprint density at radius 2 is 2.18 bits per heavy atom. The Hall–Kier alpha value is -1.62. The minimum atomic E-state index is -0.217. The Morgan fingerprint density at radius 1 is 1.41 bits per heavy atom. The summed E-state index contributed by atoms with van der Waals surface area (Å²) in [6, 6.07) is 5.62. The van der Waals surface area contributed by atoms with E-state index in [1.165, 1.54) is 6.26 Å². The van der Waals surface area contributed by atoms with Crippen LogP contribution in [0.15, 0.2) is 33.5 Å². The average Bonchev–Trinajstić information content (AvgIpc) is 2.70. The third-order valence-electron chi connectivity index (χ3n) is 2.41. The Morgan fingerprint density at radius 3 is 2.76 bits per heavy atom. The van der Waals surface area contributed by atoms with Crippen LogP contribution in [-0.4, -0.2) is 11.1 Å². The Bertz CT molecular complexity index is 563. The van der Waals surface area contributed by atoms with Crippen molar-refractivity contribution in [1.29, 1.82) is 0 Å². The van der Waals surface area contributed by atoms with Crippen molar-refractivity contribution in [3.05, 3.63) is 45.8 Å². The van der Waals surface area contributed by atoms with Crippen molar-refractivity contribution in [2.75, 3.05) is 5.32 Å². The summed E-state index contributed by atoms with van der Waals surface area (Å²) in [5, 5.41) is 6.46. The fourth-order valence-corrected chi connectivity index (χ4v) is 1.68. The molecule has 0 unspecified atom stereocenters. The number of hydrogen-bond donors (Lipinski definition) is 1. The summed E-state index contributed by atoms with van der Waals surface area (Å²) in [5.41, 5.74) is 2.84. The molecule has 1 aromatic heterocycles. The molecule has 0 saturated carbocycles. The maximum atomic E-state index is 11.9. The fraction of sp³-hybridized carbons (Fsp3) is 0.167. The smallest absolute Gasteiger partial charge is 0.260 e. The normalized spacial score (nSPS) is 10.3. The Balaban J connectivity index is 2.19. The number of carbonyl (C=O) groups is 1. The van der Waals surface area contributed by atoms with Gasteiger partial charge in [0.2, 0.25) is 0 Å². The summed E-state index contributed by atoms with van der Waals surface area (Å²) in [5.74, 6) is -0.217. The van der Waals surface area contributed by atoms with Gasteiger partial charge in [-0.3, -0.25) is 4.79 Å². The molecule has 1 amide bonds. The van der Waals surface area contributed by atoms with E-state index in [-0.39, 0.29) is 5.91 Å². The average molecular weight is 295 g/mol. The zero-order chi connectivity index (χ0) is 12.4. The highest BCUT2D eigenvalue weighted by atomic mass is 79.9. The molecule has 0 aliphatic rings. The van der Waals surface area contributed by atoms with Crippen LogP contribution in [0.2, 0.25) is 0 Å². The summed E-state index contributed by atoms with van der Waals surface area (Å²) < 4.78 is 5.74. The molecule has 17 heavy (non-hydrogen) atoms. The molecule has 1 aromatic carbocycles. The molecule has 4 nitrogen and oxygen atoms in total. The van der Waals surface area contributed by atoms with E-state index in [1.54, 1.807) is 6.92 Å². The maximum absolute atomic E-state index is 11.9. The number of benzene rings is 1. The third kappa shape index (κ3) is 2.55. The Labute approximate surface area is 107 Å². The molecule has 0 bridgehead atoms. The van der Waals surface area contributed by atoms with Crippen LogP contribution >= 0.6 is 15.9 Å². The summed E-state index contributed by atoms with van der Waals surface area (Å²) in [6.45, 7) is 3.69. The van der Waals surface area contributed by atoms with Crippen molar-refractivity contribution in [2.45, 2.75) is 13.8 Å². The molecular weight excluding hydrogens is 284 g/mol. The van der Waals surface area contributed by atoms with E-state index in [1.807, 2.05) is 25.1 Å². The molecule has 2 aromatic rings. The highest BCUT2D eigenvalue weighted by molar-refractivity contribution is 9.10. The largest absolute Gasteiger partial charge is 0.364 e. The molecule has 0 atom stereocenters. The lowest BCUT2D eigenvalue weighted by Crippen LogP contribution is -2.12. The quantitative estimate of drug-likeness (QED) is 0.924. The number of hydrogen-bond acceptors (Lipinski definition) is 3. The molecule has 0 saturated heterocycles. The molecule has 88 valence electrons. The fourth-order valence-electron chi connectivity index (χ4n) is 1.43. The summed E-state index contributed by atoms with van der Waals surface area (Å²) in [7, 11) is 0. The van der Waals surface area contributed by atoms with Crippen LogP contribution < -0.4 is 5.32 Å². The van der Waals surface area contributed by atoms with Crippen LogP contribution in [0.4, 0.5) is 5.69 Å². The Kier molecular flexibility index (Phi) is 3.28. The van der Waals surface area contributed by atoms with Crippen molar-refractivity contribution in [3.63, 3.8) is 0 Å². The van der Waals surface area contributed by atoms with Gasteiger partial charge in [-0.1, -0.05) is 21.1 Å². The number of carbonyl (C=O) groups excluding carboxylic acids is 1. The van der Waals surface area contributed by atoms with E-state index in [9.17, 15) is 4.79 Å². The third-order valence-corrected chi connectivity index (χ3v) is 3.30. The number of aromatic nitrogens is 1. The number of halogens is 1. The van der Waals surface area contributed by atoms with E-state index in [0.29, 0.717) is 11.3 Å². The highest BCUT2D eigenvalue weighted by Gasteiger charge is 2.12. The topological polar surface area (TPSA) is 55.1 Å². The maximum Gasteiger partial charge on any atom is 0.260 e. The first-order chi connectivity index (χ1) is 8.08. The molecule has 0 aliphatic heterocycles. The minimum absolute atomic E-state index is 0.217. The van der Waals surface area contributed by atoms with Gasteiger partial charge in [0, 0.05) is 10.2 Å². The van der Waals surface area contributed by atoms with Crippen molar-refractivity contribution in [2.24, 2.45) is 0 Å². The van der Waals surface area contributed by atoms with Crippen molar-refractivity contribution < 1.29 is 9.32 Å². The molecule has 2 rings (SSSR count). The van der Waals surface area contributed by atoms with Crippen LogP contribution in [0.3, 0.4) is 0 Å². The molecule has 5 heteroatoms. The zero-order valence-corrected chi connectivity index (χ0v) is 11.0.